The zero-order valence-corrected chi connectivity index (χ0v) is 17.6. The smallest absolute Gasteiger partial charge is 0.341 e. The van der Waals surface area contributed by atoms with E-state index in [4.69, 9.17) is 4.74 Å². The molecule has 0 spiro atoms. The van der Waals surface area contributed by atoms with Gasteiger partial charge in [-0.05, 0) is 56.7 Å². The van der Waals surface area contributed by atoms with Crippen molar-refractivity contribution in [3.8, 4) is 5.00 Å². The number of carbonyl (C=O) groups excluding carboxylic acids is 3. The van der Waals surface area contributed by atoms with Crippen LogP contribution < -0.4 is 10.6 Å². The molecule has 8 heteroatoms. The van der Waals surface area contributed by atoms with Gasteiger partial charge in [0.25, 0.3) is 5.91 Å². The van der Waals surface area contributed by atoms with E-state index in [9.17, 15) is 14.4 Å². The van der Waals surface area contributed by atoms with Gasteiger partial charge in [-0.25, -0.2) is 4.79 Å². The van der Waals surface area contributed by atoms with Gasteiger partial charge in [-0.2, -0.15) is 0 Å². The highest BCUT2D eigenvalue weighted by Gasteiger charge is 2.27. The van der Waals surface area contributed by atoms with Crippen molar-refractivity contribution in [2.75, 3.05) is 13.2 Å². The number of ether oxygens (including phenoxy) is 1. The summed E-state index contributed by atoms with van der Waals surface area (Å²) >= 11 is 1.61. The van der Waals surface area contributed by atoms with E-state index in [-0.39, 0.29) is 5.91 Å². The normalized spacial score (nSPS) is 14.0. The third-order valence-electron chi connectivity index (χ3n) is 4.85. The number of amides is 2. The van der Waals surface area contributed by atoms with Crippen LogP contribution in [0.4, 0.5) is 0 Å². The van der Waals surface area contributed by atoms with Gasteiger partial charge in [-0.3, -0.25) is 9.59 Å². The molecule has 2 aromatic rings. The minimum Gasteiger partial charge on any atom is -0.452 e. The third-order valence-corrected chi connectivity index (χ3v) is 6.16. The molecule has 0 aromatic carbocycles. The maximum atomic E-state index is 12.9. The molecule has 0 radical (unpaired) electrons. The molecule has 2 N–H and O–H groups in total. The first-order valence-electron chi connectivity index (χ1n) is 10.0. The lowest BCUT2D eigenvalue weighted by molar-refractivity contribution is -0.130. The molecule has 0 aliphatic heterocycles. The molecule has 0 bridgehead atoms. The van der Waals surface area contributed by atoms with Crippen molar-refractivity contribution in [1.29, 1.82) is 0 Å². The first-order valence-corrected chi connectivity index (χ1v) is 10.8. The van der Waals surface area contributed by atoms with Gasteiger partial charge in [-0.1, -0.05) is 6.92 Å². The Labute approximate surface area is 174 Å². The Hall–Kier alpha value is -2.61. The maximum Gasteiger partial charge on any atom is 0.341 e. The monoisotopic (exact) mass is 417 g/mol. The highest BCUT2D eigenvalue weighted by molar-refractivity contribution is 7.15. The Bertz CT molecular complexity index is 873. The van der Waals surface area contributed by atoms with E-state index in [1.165, 1.54) is 4.88 Å². The highest BCUT2D eigenvalue weighted by Crippen LogP contribution is 2.37. The Morgan fingerprint density at radius 3 is 2.66 bits per heavy atom. The van der Waals surface area contributed by atoms with E-state index in [2.05, 4.69) is 10.6 Å². The van der Waals surface area contributed by atoms with Crippen LogP contribution in [0.1, 0.15) is 53.9 Å². The summed E-state index contributed by atoms with van der Waals surface area (Å²) in [4.78, 5) is 38.1. The van der Waals surface area contributed by atoms with Crippen LogP contribution in [-0.4, -0.2) is 41.5 Å². The van der Waals surface area contributed by atoms with Crippen LogP contribution in [0.3, 0.4) is 0 Å². The minimum atomic E-state index is -0.683. The molecule has 2 aromatic heterocycles. The summed E-state index contributed by atoms with van der Waals surface area (Å²) in [7, 11) is 0. The fourth-order valence-corrected chi connectivity index (χ4v) is 4.71. The van der Waals surface area contributed by atoms with Crippen molar-refractivity contribution in [1.82, 2.24) is 15.2 Å². The average Bonchev–Trinajstić information content (AvgIpc) is 3.37. The Morgan fingerprint density at radius 2 is 1.93 bits per heavy atom. The van der Waals surface area contributed by atoms with Gasteiger partial charge in [0, 0.05) is 23.8 Å². The second kappa shape index (κ2) is 9.73. The summed E-state index contributed by atoms with van der Waals surface area (Å²) in [5, 5.41) is 6.12. The molecule has 1 atom stereocenters. The molecule has 1 aliphatic carbocycles. The van der Waals surface area contributed by atoms with Crippen molar-refractivity contribution in [2.24, 2.45) is 0 Å². The van der Waals surface area contributed by atoms with Crippen molar-refractivity contribution < 1.29 is 19.1 Å². The summed E-state index contributed by atoms with van der Waals surface area (Å²) < 4.78 is 7.24. The van der Waals surface area contributed by atoms with E-state index in [0.717, 1.165) is 42.7 Å². The minimum absolute atomic E-state index is 0.256. The number of thiophene rings is 1. The fourth-order valence-electron chi connectivity index (χ4n) is 3.37. The molecule has 0 saturated heterocycles. The zero-order valence-electron chi connectivity index (χ0n) is 16.8. The SMILES string of the molecule is CCCNC(=O)[C@@H](C)NC(=O)COC(=O)c1c(-n2cccc2)sc2c1CCCC2. The van der Waals surface area contributed by atoms with Crippen molar-refractivity contribution in [3.05, 3.63) is 40.5 Å². The molecule has 2 heterocycles. The molecule has 3 rings (SSSR count). The summed E-state index contributed by atoms with van der Waals surface area (Å²) in [6.45, 7) is 3.69. The molecule has 7 nitrogen and oxygen atoms in total. The lowest BCUT2D eigenvalue weighted by Crippen LogP contribution is -2.46. The van der Waals surface area contributed by atoms with Gasteiger partial charge >= 0.3 is 5.97 Å². The number of carbonyl (C=O) groups is 3. The van der Waals surface area contributed by atoms with E-state index in [1.807, 2.05) is 36.0 Å². The summed E-state index contributed by atoms with van der Waals surface area (Å²) in [5.74, 6) is -1.25. The third kappa shape index (κ3) is 5.06. The topological polar surface area (TPSA) is 89.4 Å². The molecule has 0 fully saturated rings. The van der Waals surface area contributed by atoms with E-state index in [0.29, 0.717) is 12.1 Å². The quantitative estimate of drug-likeness (QED) is 0.646. The Kier molecular flexibility index (Phi) is 7.09. The molecule has 0 saturated carbocycles. The fraction of sp³-hybridized carbons (Fsp3) is 0.476. The van der Waals surface area contributed by atoms with Crippen LogP contribution in [0, 0.1) is 0 Å². The van der Waals surface area contributed by atoms with Crippen molar-refractivity contribution in [3.63, 3.8) is 0 Å². The highest BCUT2D eigenvalue weighted by atomic mass is 32.1. The lowest BCUT2D eigenvalue weighted by Gasteiger charge is -2.15. The second-order valence-corrected chi connectivity index (χ2v) is 8.22. The number of aromatic nitrogens is 1. The predicted molar refractivity (Wildman–Crippen MR) is 111 cm³/mol. The Balaban J connectivity index is 1.66. The predicted octanol–water partition coefficient (Wildman–Crippen LogP) is 2.61. The van der Waals surface area contributed by atoms with Crippen molar-refractivity contribution in [2.45, 2.75) is 52.0 Å². The number of aryl methyl sites for hydroxylation is 1. The van der Waals surface area contributed by atoms with Crippen molar-refractivity contribution >= 4 is 29.1 Å². The van der Waals surface area contributed by atoms with Gasteiger partial charge in [-0.15, -0.1) is 11.3 Å². The summed E-state index contributed by atoms with van der Waals surface area (Å²) in [6, 6.07) is 3.13. The van der Waals surface area contributed by atoms with E-state index < -0.39 is 24.5 Å². The van der Waals surface area contributed by atoms with Gasteiger partial charge < -0.3 is 19.9 Å². The lowest BCUT2D eigenvalue weighted by atomic mass is 9.95. The largest absolute Gasteiger partial charge is 0.452 e. The first-order chi connectivity index (χ1) is 14.0. The maximum absolute atomic E-state index is 12.9. The molecular weight excluding hydrogens is 390 g/mol. The van der Waals surface area contributed by atoms with Gasteiger partial charge in [0.2, 0.25) is 5.91 Å². The molecule has 2 amide bonds. The number of esters is 1. The number of hydrogen-bond donors (Lipinski definition) is 2. The summed E-state index contributed by atoms with van der Waals surface area (Å²) in [6.07, 6.45) is 8.59. The van der Waals surface area contributed by atoms with Crippen LogP contribution >= 0.6 is 11.3 Å². The standard InChI is InChI=1S/C21H27N3O4S/c1-3-10-22-19(26)14(2)23-17(25)13-28-21(27)18-15-8-4-5-9-16(15)29-20(18)24-11-6-7-12-24/h6-7,11-12,14H,3-5,8-10,13H2,1-2H3,(H,22,26)(H,23,25)/t14-/m1/s1. The Morgan fingerprint density at radius 1 is 1.21 bits per heavy atom. The number of hydrogen-bond acceptors (Lipinski definition) is 5. The van der Waals surface area contributed by atoms with Crippen LogP contribution in [0.25, 0.3) is 5.00 Å². The van der Waals surface area contributed by atoms with Crippen LogP contribution in [0.2, 0.25) is 0 Å². The van der Waals surface area contributed by atoms with E-state index in [1.54, 1.807) is 18.3 Å². The second-order valence-electron chi connectivity index (χ2n) is 7.14. The molecule has 29 heavy (non-hydrogen) atoms. The van der Waals surface area contributed by atoms with Gasteiger partial charge in [0.15, 0.2) is 6.61 Å². The summed E-state index contributed by atoms with van der Waals surface area (Å²) in [5.41, 5.74) is 1.60. The average molecular weight is 418 g/mol. The van der Waals surface area contributed by atoms with Crippen LogP contribution in [0.15, 0.2) is 24.5 Å². The van der Waals surface area contributed by atoms with Crippen LogP contribution in [-0.2, 0) is 27.2 Å². The molecule has 0 unspecified atom stereocenters. The van der Waals surface area contributed by atoms with Crippen LogP contribution in [0.5, 0.6) is 0 Å². The van der Waals surface area contributed by atoms with E-state index >= 15 is 0 Å². The first kappa shape index (κ1) is 21.1. The number of fused-ring (bicyclic) bond motifs is 1. The molecule has 1 aliphatic rings. The zero-order chi connectivity index (χ0) is 20.8. The molecule has 156 valence electrons. The van der Waals surface area contributed by atoms with Gasteiger partial charge in [0.05, 0.1) is 5.56 Å². The number of rotatable bonds is 8. The molecular formula is C21H27N3O4S. The number of nitrogens with zero attached hydrogens (tertiary/aromatic N) is 1. The number of nitrogens with one attached hydrogen (secondary N) is 2. The van der Waals surface area contributed by atoms with Gasteiger partial charge in [0.1, 0.15) is 11.0 Å².